The number of aromatic nitrogens is 1. The van der Waals surface area contributed by atoms with E-state index in [9.17, 15) is 19.2 Å². The summed E-state index contributed by atoms with van der Waals surface area (Å²) in [5.41, 5.74) is 5.25. The normalized spacial score (nSPS) is 18.5. The first-order valence-electron chi connectivity index (χ1n) is 28.0. The maximum atomic E-state index is 12.5. The number of carbonyl (C=O) groups excluding carboxylic acids is 4. The van der Waals surface area contributed by atoms with Crippen molar-refractivity contribution in [3.8, 4) is 0 Å². The van der Waals surface area contributed by atoms with Gasteiger partial charge in [-0.2, -0.15) is 0 Å². The van der Waals surface area contributed by atoms with Crippen LogP contribution in [0.4, 0.5) is 21.9 Å². The highest BCUT2D eigenvalue weighted by molar-refractivity contribution is 7.80. The Hall–Kier alpha value is -7.81. The van der Waals surface area contributed by atoms with E-state index in [0.717, 1.165) is 104 Å². The van der Waals surface area contributed by atoms with Crippen molar-refractivity contribution in [3.63, 3.8) is 0 Å². The molecule has 6 N–H and O–H groups in total. The standard InChI is InChI=1S/C21H24N4O2.C21H24N4OS.C20H23N5OS.CH4/c2*26-19-15-22-21(25(19)16-17-7-3-1-4-8-17)11-13-24(14-12-21)20(27)23-18-9-5-2-6-10-18;26-18-14-22-20(25(18)15-16-5-2-1-3-6-16)8-11-24(12-9-20)19(27)23-17-7-4-10-21-13-17;/h2*1-10,22H,11-16H2,(H,23,27);1-7,10,13,22H,8-9,11-12,14-15H2,(H,23,27);1H4. The smallest absolute Gasteiger partial charge is 0.321 e. The Morgan fingerprint density at radius 3 is 1.07 bits per heavy atom. The molecule has 12 rings (SSSR count). The number of hydrogen-bond acceptors (Lipinski definition) is 10. The van der Waals surface area contributed by atoms with Crippen molar-refractivity contribution in [1.82, 2.24) is 50.3 Å². The monoisotopic (exact) mass is 1140 g/mol. The molecule has 6 aliphatic heterocycles. The first-order chi connectivity index (χ1) is 39.5. The quantitative estimate of drug-likeness (QED) is 0.0764. The molecule has 19 heteroatoms. The Morgan fingerprint density at radius 1 is 0.427 bits per heavy atom. The first kappa shape index (κ1) is 58.8. The Kier molecular flexibility index (Phi) is 19.6. The van der Waals surface area contributed by atoms with E-state index in [2.05, 4.69) is 70.9 Å². The van der Waals surface area contributed by atoms with Crippen molar-refractivity contribution in [2.24, 2.45) is 0 Å². The zero-order valence-electron chi connectivity index (χ0n) is 45.6. The number of likely N-dealkylation sites (tertiary alicyclic amines) is 3. The Morgan fingerprint density at radius 2 is 0.732 bits per heavy atom. The molecule has 0 saturated carbocycles. The average molecular weight is 1140 g/mol. The topological polar surface area (TPSA) is 173 Å². The van der Waals surface area contributed by atoms with Crippen LogP contribution in [0.3, 0.4) is 0 Å². The number of nitrogens with one attached hydrogen (secondary N) is 6. The van der Waals surface area contributed by atoms with Crippen LogP contribution in [-0.4, -0.2) is 144 Å². The molecule has 5 aromatic carbocycles. The molecule has 6 saturated heterocycles. The average Bonchev–Trinajstić information content (AvgIpc) is 4.14. The summed E-state index contributed by atoms with van der Waals surface area (Å²) in [6, 6.07) is 53.6. The van der Waals surface area contributed by atoms with Gasteiger partial charge in [0.15, 0.2) is 10.2 Å². The summed E-state index contributed by atoms with van der Waals surface area (Å²) in [5.74, 6) is 0.474. The van der Waals surface area contributed by atoms with Crippen LogP contribution in [0.15, 0.2) is 176 Å². The van der Waals surface area contributed by atoms with E-state index in [1.165, 1.54) is 0 Å². The van der Waals surface area contributed by atoms with Crippen LogP contribution in [0.2, 0.25) is 0 Å². The van der Waals surface area contributed by atoms with Gasteiger partial charge in [0.2, 0.25) is 17.7 Å². The second-order valence-corrected chi connectivity index (χ2v) is 22.1. The van der Waals surface area contributed by atoms with Crippen molar-refractivity contribution in [2.75, 3.05) is 74.9 Å². The van der Waals surface area contributed by atoms with Crippen LogP contribution >= 0.6 is 24.4 Å². The maximum Gasteiger partial charge on any atom is 0.321 e. The summed E-state index contributed by atoms with van der Waals surface area (Å²) < 4.78 is 0. The molecule has 82 heavy (non-hydrogen) atoms. The van der Waals surface area contributed by atoms with Crippen molar-refractivity contribution < 1.29 is 19.2 Å². The number of pyridine rings is 1. The molecular formula is C63H75N13O4S2. The number of thiocarbonyl (C=S) groups is 2. The van der Waals surface area contributed by atoms with Gasteiger partial charge in [0, 0.05) is 115 Å². The molecule has 428 valence electrons. The van der Waals surface area contributed by atoms with E-state index >= 15 is 0 Å². The summed E-state index contributed by atoms with van der Waals surface area (Å²) in [7, 11) is 0. The zero-order chi connectivity index (χ0) is 56.1. The van der Waals surface area contributed by atoms with Gasteiger partial charge in [-0.25, -0.2) is 4.79 Å². The van der Waals surface area contributed by atoms with Crippen LogP contribution in [0.5, 0.6) is 0 Å². The summed E-state index contributed by atoms with van der Waals surface area (Å²) in [6.45, 7) is 7.57. The van der Waals surface area contributed by atoms with Crippen LogP contribution < -0.4 is 31.9 Å². The van der Waals surface area contributed by atoms with Crippen molar-refractivity contribution in [1.29, 1.82) is 0 Å². The molecule has 0 bridgehead atoms. The second-order valence-electron chi connectivity index (χ2n) is 21.3. The van der Waals surface area contributed by atoms with E-state index in [1.54, 1.807) is 12.4 Å². The number of benzene rings is 5. The summed E-state index contributed by atoms with van der Waals surface area (Å²) in [4.78, 5) is 66.3. The molecule has 1 aromatic heterocycles. The van der Waals surface area contributed by atoms with E-state index in [-0.39, 0.29) is 48.2 Å². The van der Waals surface area contributed by atoms with Gasteiger partial charge in [0.1, 0.15) is 0 Å². The Labute approximate surface area is 492 Å². The van der Waals surface area contributed by atoms with E-state index in [4.69, 9.17) is 24.4 Å². The lowest BCUT2D eigenvalue weighted by Gasteiger charge is -2.45. The molecule has 0 radical (unpaired) electrons. The number of para-hydroxylation sites is 2. The zero-order valence-corrected chi connectivity index (χ0v) is 47.2. The molecule has 6 aliphatic rings. The predicted octanol–water partition coefficient (Wildman–Crippen LogP) is 8.29. The number of hydrogen-bond donors (Lipinski definition) is 6. The molecule has 7 heterocycles. The van der Waals surface area contributed by atoms with Gasteiger partial charge in [0.25, 0.3) is 0 Å². The lowest BCUT2D eigenvalue weighted by atomic mass is 9.95. The van der Waals surface area contributed by atoms with Gasteiger partial charge in [-0.3, -0.25) is 35.3 Å². The van der Waals surface area contributed by atoms with Crippen LogP contribution in [0.1, 0.15) is 62.6 Å². The number of piperidine rings is 3. The summed E-state index contributed by atoms with van der Waals surface area (Å²) in [5, 5.41) is 21.3. The number of anilines is 3. The number of rotatable bonds is 9. The molecule has 17 nitrogen and oxygen atoms in total. The minimum Gasteiger partial charge on any atom is -0.349 e. The summed E-state index contributed by atoms with van der Waals surface area (Å²) in [6.07, 6.45) is 8.38. The van der Waals surface area contributed by atoms with E-state index in [0.29, 0.717) is 57.5 Å². The predicted molar refractivity (Wildman–Crippen MR) is 331 cm³/mol. The maximum absolute atomic E-state index is 12.5. The van der Waals surface area contributed by atoms with Gasteiger partial charge in [-0.05, 0) is 77.5 Å². The minimum atomic E-state index is -0.351. The van der Waals surface area contributed by atoms with E-state index in [1.807, 2.05) is 159 Å². The fraction of sp³-hybridized carbons (Fsp3) is 0.349. The van der Waals surface area contributed by atoms with Crippen LogP contribution in [0.25, 0.3) is 0 Å². The molecule has 6 fully saturated rings. The van der Waals surface area contributed by atoms with E-state index < -0.39 is 0 Å². The highest BCUT2D eigenvalue weighted by atomic mass is 32.1. The van der Waals surface area contributed by atoms with Crippen molar-refractivity contribution >= 4 is 75.5 Å². The fourth-order valence-electron chi connectivity index (χ4n) is 11.7. The lowest BCUT2D eigenvalue weighted by molar-refractivity contribution is -0.133. The third kappa shape index (κ3) is 14.3. The Balaban J connectivity index is 0.000000147. The highest BCUT2D eigenvalue weighted by Gasteiger charge is 2.49. The lowest BCUT2D eigenvalue weighted by Crippen LogP contribution is -2.59. The molecule has 0 aliphatic carbocycles. The first-order valence-corrected chi connectivity index (χ1v) is 28.8. The van der Waals surface area contributed by atoms with Gasteiger partial charge in [-0.1, -0.05) is 135 Å². The summed E-state index contributed by atoms with van der Waals surface area (Å²) >= 11 is 11.2. The molecule has 0 unspecified atom stereocenters. The van der Waals surface area contributed by atoms with Gasteiger partial charge < -0.3 is 45.3 Å². The molecule has 6 aromatic rings. The minimum absolute atomic E-state index is 0. The number of urea groups is 1. The van der Waals surface area contributed by atoms with Gasteiger partial charge in [0.05, 0.1) is 48.5 Å². The van der Waals surface area contributed by atoms with Gasteiger partial charge in [-0.15, -0.1) is 0 Å². The third-order valence-electron chi connectivity index (χ3n) is 16.3. The number of nitrogens with zero attached hydrogens (tertiary/aromatic N) is 7. The van der Waals surface area contributed by atoms with Crippen molar-refractivity contribution in [2.45, 2.75) is 82.6 Å². The van der Waals surface area contributed by atoms with Gasteiger partial charge >= 0.3 is 6.03 Å². The molecule has 0 atom stereocenters. The molecule has 3 spiro atoms. The fourth-order valence-corrected chi connectivity index (χ4v) is 12.3. The second kappa shape index (κ2) is 27.3. The largest absolute Gasteiger partial charge is 0.349 e. The number of carbonyl (C=O) groups is 4. The molecule has 5 amide bonds. The third-order valence-corrected chi connectivity index (χ3v) is 17.0. The number of amides is 5. The Bertz CT molecular complexity index is 2740. The van der Waals surface area contributed by atoms with Crippen molar-refractivity contribution in [3.05, 3.63) is 193 Å². The van der Waals surface area contributed by atoms with Crippen LogP contribution in [0, 0.1) is 0 Å². The highest BCUT2D eigenvalue weighted by Crippen LogP contribution is 2.35. The van der Waals surface area contributed by atoms with Crippen LogP contribution in [-0.2, 0) is 34.0 Å². The molecular weight excluding hydrogens is 1070 g/mol. The SMILES string of the molecule is C.O=C(Nc1ccccc1)N1CCC2(CC1)NCC(=O)N2Cc1ccccc1.O=C1CNC2(CCN(C(=S)Nc3ccccc3)CC2)N1Cc1ccccc1.O=C1CNC2(CCN(C(=S)Nc3cccnc3)CC2)N1Cc1ccccc1.